The van der Waals surface area contributed by atoms with Crippen molar-refractivity contribution in [1.82, 2.24) is 9.97 Å². The first-order valence-corrected chi connectivity index (χ1v) is 6.78. The normalized spacial score (nSPS) is 12.5. The second-order valence-electron chi connectivity index (χ2n) is 4.34. The Morgan fingerprint density at radius 2 is 2.06 bits per heavy atom. The first-order valence-electron chi connectivity index (χ1n) is 6.40. The third-order valence-corrected chi connectivity index (χ3v) is 3.16. The van der Waals surface area contributed by atoms with E-state index in [1.54, 1.807) is 7.11 Å². The van der Waals surface area contributed by atoms with E-state index in [1.165, 1.54) is 0 Å². The van der Waals surface area contributed by atoms with Crippen molar-refractivity contribution in [1.29, 1.82) is 0 Å². The monoisotopic (exact) mass is 271 g/mol. The van der Waals surface area contributed by atoms with Crippen molar-refractivity contribution >= 4 is 17.4 Å². The Balaban J connectivity index is 2.89. The van der Waals surface area contributed by atoms with Crippen molar-refractivity contribution in [2.24, 2.45) is 0 Å². The van der Waals surface area contributed by atoms with E-state index in [2.05, 4.69) is 22.2 Å². The molecular weight excluding hydrogens is 250 g/mol. The van der Waals surface area contributed by atoms with E-state index in [4.69, 9.17) is 16.3 Å². The Bertz CT molecular complexity index is 379. The molecule has 1 N–H and O–H groups in total. The number of hydrogen-bond donors (Lipinski definition) is 1. The minimum atomic E-state index is 0.259. The summed E-state index contributed by atoms with van der Waals surface area (Å²) in [6, 6.07) is 0.259. The molecule has 1 aromatic rings. The maximum Gasteiger partial charge on any atom is 0.137 e. The van der Waals surface area contributed by atoms with Gasteiger partial charge in [-0.2, -0.15) is 0 Å². The summed E-state index contributed by atoms with van der Waals surface area (Å²) in [5, 5.41) is 3.93. The lowest BCUT2D eigenvalue weighted by atomic mass is 10.1. The van der Waals surface area contributed by atoms with E-state index in [9.17, 15) is 0 Å². The molecule has 0 bridgehead atoms. The first-order chi connectivity index (χ1) is 8.62. The van der Waals surface area contributed by atoms with Crippen molar-refractivity contribution in [2.45, 2.75) is 46.1 Å². The summed E-state index contributed by atoms with van der Waals surface area (Å²) in [5.74, 6) is 1.59. The van der Waals surface area contributed by atoms with Gasteiger partial charge in [0, 0.05) is 19.1 Å². The molecule has 0 aliphatic heterocycles. The zero-order chi connectivity index (χ0) is 13.5. The van der Waals surface area contributed by atoms with E-state index in [0.717, 1.165) is 36.5 Å². The summed E-state index contributed by atoms with van der Waals surface area (Å²) in [4.78, 5) is 8.73. The predicted molar refractivity (Wildman–Crippen MR) is 75.4 cm³/mol. The van der Waals surface area contributed by atoms with Gasteiger partial charge >= 0.3 is 0 Å². The zero-order valence-electron chi connectivity index (χ0n) is 11.6. The van der Waals surface area contributed by atoms with Crippen LogP contribution in [0, 0.1) is 6.92 Å². The number of ether oxygens (including phenoxy) is 1. The standard InChI is InChI=1S/C13H22ClN3O/c1-5-7-10(8-18-4)15-13-9(3)12(14)16-11(6-2)17-13/h10H,5-8H2,1-4H3,(H,15,16,17). The van der Waals surface area contributed by atoms with Crippen LogP contribution in [0.5, 0.6) is 0 Å². The van der Waals surface area contributed by atoms with Gasteiger partial charge in [0.25, 0.3) is 0 Å². The number of rotatable bonds is 7. The molecule has 102 valence electrons. The van der Waals surface area contributed by atoms with Crippen LogP contribution in [0.1, 0.15) is 38.1 Å². The molecule has 1 unspecified atom stereocenters. The number of halogens is 1. The molecule has 1 atom stereocenters. The number of aryl methyl sites for hydroxylation is 1. The summed E-state index contributed by atoms with van der Waals surface area (Å²) in [7, 11) is 1.71. The molecule has 1 aromatic heterocycles. The summed E-state index contributed by atoms with van der Waals surface area (Å²) < 4.78 is 5.22. The molecule has 4 nitrogen and oxygen atoms in total. The lowest BCUT2D eigenvalue weighted by Gasteiger charge is -2.19. The highest BCUT2D eigenvalue weighted by molar-refractivity contribution is 6.30. The average Bonchev–Trinajstić information content (AvgIpc) is 2.35. The molecule has 0 aliphatic rings. The van der Waals surface area contributed by atoms with Crippen LogP contribution in [0.3, 0.4) is 0 Å². The van der Waals surface area contributed by atoms with Gasteiger partial charge in [0.05, 0.1) is 12.6 Å². The first kappa shape index (κ1) is 15.2. The third-order valence-electron chi connectivity index (χ3n) is 2.79. The minimum Gasteiger partial charge on any atom is -0.383 e. The van der Waals surface area contributed by atoms with E-state index in [-0.39, 0.29) is 6.04 Å². The summed E-state index contributed by atoms with van der Waals surface area (Å²) in [5.41, 5.74) is 0.895. The highest BCUT2D eigenvalue weighted by atomic mass is 35.5. The minimum absolute atomic E-state index is 0.259. The van der Waals surface area contributed by atoms with Crippen molar-refractivity contribution < 1.29 is 4.74 Å². The Kier molecular flexibility index (Phi) is 6.36. The van der Waals surface area contributed by atoms with Gasteiger partial charge in [-0.05, 0) is 13.3 Å². The van der Waals surface area contributed by atoms with Crippen LogP contribution in [0.15, 0.2) is 0 Å². The van der Waals surface area contributed by atoms with Crippen LogP contribution in [0.2, 0.25) is 5.15 Å². The van der Waals surface area contributed by atoms with Gasteiger partial charge in [-0.25, -0.2) is 9.97 Å². The molecule has 0 saturated heterocycles. The molecule has 0 aromatic carbocycles. The second-order valence-corrected chi connectivity index (χ2v) is 4.70. The van der Waals surface area contributed by atoms with Crippen LogP contribution < -0.4 is 5.32 Å². The topological polar surface area (TPSA) is 47.0 Å². The predicted octanol–water partition coefficient (Wildman–Crippen LogP) is 3.23. The van der Waals surface area contributed by atoms with Gasteiger partial charge in [0.15, 0.2) is 0 Å². The Hall–Kier alpha value is -0.870. The van der Waals surface area contributed by atoms with E-state index >= 15 is 0 Å². The Morgan fingerprint density at radius 1 is 1.33 bits per heavy atom. The lowest BCUT2D eigenvalue weighted by molar-refractivity contribution is 0.182. The fourth-order valence-electron chi connectivity index (χ4n) is 1.77. The Labute approximate surface area is 114 Å². The maximum absolute atomic E-state index is 6.11. The van der Waals surface area contributed by atoms with E-state index < -0.39 is 0 Å². The van der Waals surface area contributed by atoms with Crippen molar-refractivity contribution in [3.63, 3.8) is 0 Å². The molecule has 0 aliphatic carbocycles. The molecule has 1 rings (SSSR count). The second kappa shape index (κ2) is 7.54. The highest BCUT2D eigenvalue weighted by Gasteiger charge is 2.13. The summed E-state index contributed by atoms with van der Waals surface area (Å²) in [6.45, 7) is 6.77. The van der Waals surface area contributed by atoms with Crippen LogP contribution in [0.4, 0.5) is 5.82 Å². The van der Waals surface area contributed by atoms with Crippen LogP contribution in [-0.2, 0) is 11.2 Å². The number of nitrogens with one attached hydrogen (secondary N) is 1. The molecule has 0 radical (unpaired) electrons. The van der Waals surface area contributed by atoms with Crippen LogP contribution in [0.25, 0.3) is 0 Å². The van der Waals surface area contributed by atoms with Crippen LogP contribution in [-0.4, -0.2) is 29.7 Å². The molecular formula is C13H22ClN3O. The van der Waals surface area contributed by atoms with Gasteiger partial charge < -0.3 is 10.1 Å². The smallest absolute Gasteiger partial charge is 0.137 e. The fourth-order valence-corrected chi connectivity index (χ4v) is 1.96. The van der Waals surface area contributed by atoms with E-state index in [0.29, 0.717) is 11.8 Å². The highest BCUT2D eigenvalue weighted by Crippen LogP contribution is 2.21. The SMILES string of the molecule is CCCC(COC)Nc1nc(CC)nc(Cl)c1C. The molecule has 0 spiro atoms. The Morgan fingerprint density at radius 3 is 2.61 bits per heavy atom. The third kappa shape index (κ3) is 4.10. The van der Waals surface area contributed by atoms with E-state index in [1.807, 2.05) is 13.8 Å². The van der Waals surface area contributed by atoms with Crippen molar-refractivity contribution in [2.75, 3.05) is 19.0 Å². The van der Waals surface area contributed by atoms with Gasteiger partial charge in [-0.1, -0.05) is 31.9 Å². The van der Waals surface area contributed by atoms with Gasteiger partial charge in [-0.3, -0.25) is 0 Å². The number of hydrogen-bond acceptors (Lipinski definition) is 4. The number of methoxy groups -OCH3 is 1. The molecule has 18 heavy (non-hydrogen) atoms. The lowest BCUT2D eigenvalue weighted by Crippen LogP contribution is -2.26. The van der Waals surface area contributed by atoms with Crippen LogP contribution >= 0.6 is 11.6 Å². The van der Waals surface area contributed by atoms with Gasteiger partial charge in [-0.15, -0.1) is 0 Å². The summed E-state index contributed by atoms with van der Waals surface area (Å²) in [6.07, 6.45) is 2.91. The van der Waals surface area contributed by atoms with Gasteiger partial charge in [0.1, 0.15) is 16.8 Å². The molecule has 1 heterocycles. The summed E-state index contributed by atoms with van der Waals surface area (Å²) >= 11 is 6.11. The largest absolute Gasteiger partial charge is 0.383 e. The fraction of sp³-hybridized carbons (Fsp3) is 0.692. The average molecular weight is 272 g/mol. The number of aromatic nitrogens is 2. The molecule has 5 heteroatoms. The number of anilines is 1. The van der Waals surface area contributed by atoms with Crippen molar-refractivity contribution in [3.05, 3.63) is 16.5 Å². The maximum atomic E-state index is 6.11. The molecule has 0 saturated carbocycles. The number of nitrogens with zero attached hydrogens (tertiary/aromatic N) is 2. The quantitative estimate of drug-likeness (QED) is 0.774. The molecule has 0 amide bonds. The zero-order valence-corrected chi connectivity index (χ0v) is 12.3. The van der Waals surface area contributed by atoms with Crippen molar-refractivity contribution in [3.8, 4) is 0 Å². The molecule has 0 fully saturated rings. The van der Waals surface area contributed by atoms with Gasteiger partial charge in [0.2, 0.25) is 0 Å².